The summed E-state index contributed by atoms with van der Waals surface area (Å²) in [5, 5.41) is 14.0. The van der Waals surface area contributed by atoms with E-state index in [1.54, 1.807) is 10.9 Å². The molecule has 3 heterocycles. The van der Waals surface area contributed by atoms with Crippen LogP contribution >= 0.6 is 22.6 Å². The van der Waals surface area contributed by atoms with Crippen LogP contribution in [-0.4, -0.2) is 51.2 Å². The molecule has 0 atom stereocenters. The summed E-state index contributed by atoms with van der Waals surface area (Å²) in [6, 6.07) is 9.98. The highest BCUT2D eigenvalue weighted by molar-refractivity contribution is 14.1. The van der Waals surface area contributed by atoms with Crippen molar-refractivity contribution in [3.8, 4) is 11.8 Å². The number of hydrogen-bond donors (Lipinski definition) is 1. The van der Waals surface area contributed by atoms with Crippen molar-refractivity contribution in [2.45, 2.75) is 13.0 Å². The second-order valence-corrected chi connectivity index (χ2v) is 6.57. The highest BCUT2D eigenvalue weighted by Crippen LogP contribution is 2.23. The van der Waals surface area contributed by atoms with E-state index in [0.717, 1.165) is 9.26 Å². The van der Waals surface area contributed by atoms with Crippen molar-refractivity contribution in [2.24, 2.45) is 0 Å². The molecule has 0 aliphatic carbocycles. The molecular weight excluding hydrogens is 421 g/mol. The number of anilines is 1. The molecule has 3 rings (SSSR count). The van der Waals surface area contributed by atoms with Crippen LogP contribution in [0.5, 0.6) is 6.01 Å². The first kappa shape index (κ1) is 16.9. The average Bonchev–Trinajstić information content (AvgIpc) is 2.63. The molecule has 1 aliphatic heterocycles. The number of aryl methyl sites for hydroxylation is 1. The van der Waals surface area contributed by atoms with Gasteiger partial charge in [0.15, 0.2) is 5.82 Å². The highest BCUT2D eigenvalue weighted by Gasteiger charge is 2.26. The third-order valence-corrected chi connectivity index (χ3v) is 4.39. The predicted molar refractivity (Wildman–Crippen MR) is 99.0 cm³/mol. The minimum absolute atomic E-state index is 0.269. The van der Waals surface area contributed by atoms with E-state index >= 15 is 0 Å². The standard InChI is InChI=1S/C16H18IN5O2/c1-11-4-3-7-18-22(13(17)6-5-11)15-8-14(19-16(20-15)24-2)21-9-12(23)10-21/h3-8,12,23H,9-10H2,1-2H3. The summed E-state index contributed by atoms with van der Waals surface area (Å²) in [7, 11) is 1.53. The summed E-state index contributed by atoms with van der Waals surface area (Å²) < 4.78 is 7.84. The number of aliphatic hydroxyl groups excluding tert-OH is 1. The third-order valence-electron chi connectivity index (χ3n) is 3.58. The van der Waals surface area contributed by atoms with Crippen molar-refractivity contribution in [2.75, 3.05) is 25.1 Å². The van der Waals surface area contributed by atoms with Gasteiger partial charge in [-0.2, -0.15) is 15.1 Å². The van der Waals surface area contributed by atoms with Gasteiger partial charge in [0.2, 0.25) is 0 Å². The first-order valence-electron chi connectivity index (χ1n) is 7.48. The van der Waals surface area contributed by atoms with Crippen LogP contribution in [0, 0.1) is 10.6 Å². The molecule has 24 heavy (non-hydrogen) atoms. The lowest BCUT2D eigenvalue weighted by Crippen LogP contribution is -2.51. The normalized spacial score (nSPS) is 14.1. The highest BCUT2D eigenvalue weighted by atomic mass is 127. The molecule has 1 aliphatic rings. The van der Waals surface area contributed by atoms with Gasteiger partial charge in [-0.05, 0) is 41.6 Å². The number of ether oxygens (including phenoxy) is 1. The maximum Gasteiger partial charge on any atom is 0.320 e. The summed E-state index contributed by atoms with van der Waals surface area (Å²) in [6.45, 7) is 3.14. The molecule has 0 spiro atoms. The lowest BCUT2D eigenvalue weighted by molar-refractivity contribution is 0.141. The molecule has 0 aromatic carbocycles. The van der Waals surface area contributed by atoms with E-state index in [1.807, 2.05) is 42.2 Å². The maximum absolute atomic E-state index is 9.52. The largest absolute Gasteiger partial charge is 0.467 e. The molecule has 1 N–H and O–H groups in total. The molecular formula is C16H18IN5O2. The second kappa shape index (κ2) is 7.31. The Kier molecular flexibility index (Phi) is 5.14. The molecule has 1 fully saturated rings. The van der Waals surface area contributed by atoms with Crippen LogP contribution in [0.1, 0.15) is 5.56 Å². The van der Waals surface area contributed by atoms with Crippen LogP contribution in [0.2, 0.25) is 0 Å². The number of aromatic nitrogens is 4. The molecule has 0 amide bonds. The molecule has 7 nitrogen and oxygen atoms in total. The lowest BCUT2D eigenvalue weighted by Gasteiger charge is -2.36. The van der Waals surface area contributed by atoms with Crippen molar-refractivity contribution < 1.29 is 9.84 Å². The summed E-state index contributed by atoms with van der Waals surface area (Å²) in [5.41, 5.74) is 1.13. The molecule has 126 valence electrons. The van der Waals surface area contributed by atoms with Gasteiger partial charge in [-0.15, -0.1) is 0 Å². The van der Waals surface area contributed by atoms with E-state index in [9.17, 15) is 5.11 Å². The van der Waals surface area contributed by atoms with Gasteiger partial charge in [0, 0.05) is 25.4 Å². The Morgan fingerprint density at radius 3 is 2.67 bits per heavy atom. The van der Waals surface area contributed by atoms with Crippen molar-refractivity contribution in [1.29, 1.82) is 0 Å². The van der Waals surface area contributed by atoms with Gasteiger partial charge in [0.25, 0.3) is 0 Å². The Labute approximate surface area is 153 Å². The molecule has 0 bridgehead atoms. The molecule has 8 heteroatoms. The van der Waals surface area contributed by atoms with Crippen LogP contribution in [0.3, 0.4) is 0 Å². The van der Waals surface area contributed by atoms with Gasteiger partial charge in [0.05, 0.1) is 13.2 Å². The SMILES string of the molecule is COc1nc(N2CC(O)C2)cc(-n2ncccc(C)ccc2I)n1. The molecule has 2 aromatic rings. The van der Waals surface area contributed by atoms with Crippen molar-refractivity contribution in [1.82, 2.24) is 19.7 Å². The smallest absolute Gasteiger partial charge is 0.320 e. The summed E-state index contributed by atoms with van der Waals surface area (Å²) in [4.78, 5) is 10.7. The first-order chi connectivity index (χ1) is 11.6. The average molecular weight is 439 g/mol. The Morgan fingerprint density at radius 1 is 1.21 bits per heavy atom. The number of aliphatic hydroxyl groups is 1. The Hall–Kier alpha value is -1.94. The van der Waals surface area contributed by atoms with Crippen LogP contribution < -0.4 is 9.64 Å². The van der Waals surface area contributed by atoms with Gasteiger partial charge >= 0.3 is 6.01 Å². The topological polar surface area (TPSA) is 76.3 Å². The van der Waals surface area contributed by atoms with Crippen molar-refractivity contribution in [3.63, 3.8) is 0 Å². The van der Waals surface area contributed by atoms with E-state index in [0.29, 0.717) is 24.7 Å². The molecule has 0 unspecified atom stereocenters. The summed E-state index contributed by atoms with van der Waals surface area (Å²) >= 11 is 2.22. The monoisotopic (exact) mass is 439 g/mol. The number of rotatable bonds is 3. The second-order valence-electron chi connectivity index (χ2n) is 5.47. The summed E-state index contributed by atoms with van der Waals surface area (Å²) in [6.07, 6.45) is 1.41. The van der Waals surface area contributed by atoms with Gasteiger partial charge in [0.1, 0.15) is 9.52 Å². The Bertz CT molecular complexity index is 788. The third kappa shape index (κ3) is 3.75. The Morgan fingerprint density at radius 2 is 1.96 bits per heavy atom. The first-order valence-corrected chi connectivity index (χ1v) is 8.55. The van der Waals surface area contributed by atoms with Crippen LogP contribution in [0.15, 0.2) is 36.5 Å². The lowest BCUT2D eigenvalue weighted by atomic mass is 10.2. The number of nitrogens with zero attached hydrogens (tertiary/aromatic N) is 5. The van der Waals surface area contributed by atoms with E-state index < -0.39 is 0 Å². The van der Waals surface area contributed by atoms with E-state index in [1.165, 1.54) is 7.11 Å². The maximum atomic E-state index is 9.52. The minimum Gasteiger partial charge on any atom is -0.467 e. The van der Waals surface area contributed by atoms with E-state index in [-0.39, 0.29) is 12.1 Å². The van der Waals surface area contributed by atoms with Crippen LogP contribution in [0.25, 0.3) is 5.82 Å². The van der Waals surface area contributed by atoms with Gasteiger partial charge in [-0.25, -0.2) is 4.68 Å². The van der Waals surface area contributed by atoms with E-state index in [4.69, 9.17) is 4.74 Å². The molecule has 2 aromatic heterocycles. The fourth-order valence-electron chi connectivity index (χ4n) is 2.26. The number of methoxy groups -OCH3 is 1. The molecule has 0 radical (unpaired) electrons. The zero-order valence-electron chi connectivity index (χ0n) is 13.4. The van der Waals surface area contributed by atoms with Crippen LogP contribution in [0.4, 0.5) is 5.82 Å². The summed E-state index contributed by atoms with van der Waals surface area (Å²) in [5.74, 6) is 1.32. The fourth-order valence-corrected chi connectivity index (χ4v) is 2.81. The van der Waals surface area contributed by atoms with Gasteiger partial charge in [-0.3, -0.25) is 0 Å². The quantitative estimate of drug-likeness (QED) is 0.737. The number of halogens is 1. The number of hydrogen-bond acceptors (Lipinski definition) is 6. The van der Waals surface area contributed by atoms with Gasteiger partial charge in [-0.1, -0.05) is 17.7 Å². The van der Waals surface area contributed by atoms with Crippen molar-refractivity contribution >= 4 is 28.4 Å². The van der Waals surface area contributed by atoms with Crippen molar-refractivity contribution in [3.05, 3.63) is 45.8 Å². The Balaban J connectivity index is 2.10. The van der Waals surface area contributed by atoms with E-state index in [2.05, 4.69) is 37.7 Å². The zero-order chi connectivity index (χ0) is 17.1. The predicted octanol–water partition coefficient (Wildman–Crippen LogP) is 1.89. The van der Waals surface area contributed by atoms with Crippen LogP contribution in [-0.2, 0) is 0 Å². The molecule has 1 saturated heterocycles. The minimum atomic E-state index is -0.309. The van der Waals surface area contributed by atoms with Gasteiger partial charge < -0.3 is 14.7 Å². The zero-order valence-corrected chi connectivity index (χ0v) is 15.6. The fraction of sp³-hybridized carbons (Fsp3) is 0.312. The number of β-amino-alcohol motifs (C(OH)–C–C–N with tert-alkyl or cyclic N) is 1. The molecule has 0 saturated carbocycles.